The second-order valence-corrected chi connectivity index (χ2v) is 8.22. The minimum atomic E-state index is -3.50. The van der Waals surface area contributed by atoms with Gasteiger partial charge in [-0.05, 0) is 42.0 Å². The summed E-state index contributed by atoms with van der Waals surface area (Å²) in [4.78, 5) is 0.241. The third-order valence-electron chi connectivity index (χ3n) is 4.29. The van der Waals surface area contributed by atoms with Crippen LogP contribution < -0.4 is 15.2 Å². The number of ether oxygens (including phenoxy) is 2. The molecule has 0 radical (unpaired) electrons. The van der Waals surface area contributed by atoms with Crippen LogP contribution in [0.2, 0.25) is 5.02 Å². The molecule has 1 aliphatic heterocycles. The van der Waals surface area contributed by atoms with E-state index in [1.54, 1.807) is 18.2 Å². The van der Waals surface area contributed by atoms with Gasteiger partial charge in [0.1, 0.15) is 0 Å². The van der Waals surface area contributed by atoms with Crippen molar-refractivity contribution in [2.75, 3.05) is 6.79 Å². The number of benzene rings is 2. The Bertz CT molecular complexity index is 866. The van der Waals surface area contributed by atoms with Crippen LogP contribution in [0, 0.1) is 0 Å². The summed E-state index contributed by atoms with van der Waals surface area (Å²) >= 11 is 5.82. The Morgan fingerprint density at radius 2 is 1.74 bits per heavy atom. The predicted molar refractivity (Wildman–Crippen MR) is 85.7 cm³/mol. The molecule has 0 unspecified atom stereocenters. The highest BCUT2D eigenvalue weighted by Crippen LogP contribution is 2.49. The molecule has 4 rings (SSSR count). The summed E-state index contributed by atoms with van der Waals surface area (Å²) in [6.45, 7) is 0.183. The van der Waals surface area contributed by atoms with Crippen molar-refractivity contribution in [3.63, 3.8) is 0 Å². The van der Waals surface area contributed by atoms with Gasteiger partial charge in [0.15, 0.2) is 21.3 Å². The molecule has 23 heavy (non-hydrogen) atoms. The fraction of sp³-hybridized carbons (Fsp3) is 0.250. The van der Waals surface area contributed by atoms with E-state index in [4.69, 9.17) is 26.8 Å². The number of nitrogens with two attached hydrogens (primary N) is 1. The molecule has 3 atom stereocenters. The summed E-state index contributed by atoms with van der Waals surface area (Å²) in [7, 11) is -3.50. The molecular formula is C16H14ClNO4S. The second kappa shape index (κ2) is 5.12. The van der Waals surface area contributed by atoms with Crippen molar-refractivity contribution in [3.8, 4) is 11.5 Å². The Hall–Kier alpha value is -1.76. The largest absolute Gasteiger partial charge is 0.454 e. The van der Waals surface area contributed by atoms with E-state index in [0.29, 0.717) is 16.5 Å². The van der Waals surface area contributed by atoms with Crippen LogP contribution in [0.1, 0.15) is 11.5 Å². The maximum absolute atomic E-state index is 12.8. The minimum absolute atomic E-state index is 0.183. The fourth-order valence-corrected chi connectivity index (χ4v) is 5.19. The lowest BCUT2D eigenvalue weighted by atomic mass is 10.1. The lowest BCUT2D eigenvalue weighted by Crippen LogP contribution is -2.15. The van der Waals surface area contributed by atoms with Gasteiger partial charge in [0, 0.05) is 17.0 Å². The summed E-state index contributed by atoms with van der Waals surface area (Å²) in [5.41, 5.74) is 6.92. The molecular weight excluding hydrogens is 338 g/mol. The first kappa shape index (κ1) is 14.8. The molecule has 2 N–H and O–H groups in total. The van der Waals surface area contributed by atoms with Gasteiger partial charge >= 0.3 is 0 Å². The molecule has 1 saturated carbocycles. The monoisotopic (exact) mass is 351 g/mol. The quantitative estimate of drug-likeness (QED) is 0.918. The second-order valence-electron chi connectivity index (χ2n) is 5.68. The van der Waals surface area contributed by atoms with Crippen LogP contribution in [0.25, 0.3) is 0 Å². The van der Waals surface area contributed by atoms with Crippen LogP contribution in [0.3, 0.4) is 0 Å². The van der Waals surface area contributed by atoms with Crippen molar-refractivity contribution in [3.05, 3.63) is 53.1 Å². The van der Waals surface area contributed by atoms with Gasteiger partial charge in [-0.15, -0.1) is 0 Å². The van der Waals surface area contributed by atoms with Crippen molar-refractivity contribution >= 4 is 21.4 Å². The van der Waals surface area contributed by atoms with Gasteiger partial charge < -0.3 is 15.2 Å². The SMILES string of the molecule is N[C@H]1[C@@H](c2ccc3c(c2)OCO3)[C@@H]1S(=O)(=O)c1ccc(Cl)cc1. The standard InChI is InChI=1S/C16H14ClNO4S/c17-10-2-4-11(5-3-10)23(19,20)16-14(15(16)18)9-1-6-12-13(7-9)22-8-21-12/h1-7,14-16H,8,18H2/t14-,15+,16+/m1/s1. The molecule has 2 aromatic rings. The van der Waals surface area contributed by atoms with E-state index in [9.17, 15) is 8.42 Å². The first-order valence-corrected chi connectivity index (χ1v) is 9.05. The van der Waals surface area contributed by atoms with Gasteiger partial charge in [0.05, 0.1) is 10.1 Å². The molecule has 0 spiro atoms. The van der Waals surface area contributed by atoms with Crippen LogP contribution in [-0.2, 0) is 9.84 Å². The molecule has 1 heterocycles. The van der Waals surface area contributed by atoms with Crippen molar-refractivity contribution in [2.24, 2.45) is 5.73 Å². The third kappa shape index (κ3) is 2.38. The number of hydrogen-bond donors (Lipinski definition) is 1. The molecule has 0 saturated heterocycles. The molecule has 0 aromatic heterocycles. The fourth-order valence-electron chi connectivity index (χ4n) is 3.02. The van der Waals surface area contributed by atoms with Crippen LogP contribution in [0.4, 0.5) is 0 Å². The lowest BCUT2D eigenvalue weighted by Gasteiger charge is -2.05. The van der Waals surface area contributed by atoms with Gasteiger partial charge in [-0.3, -0.25) is 0 Å². The van der Waals surface area contributed by atoms with Crippen molar-refractivity contribution < 1.29 is 17.9 Å². The van der Waals surface area contributed by atoms with E-state index in [2.05, 4.69) is 0 Å². The summed E-state index contributed by atoms with van der Waals surface area (Å²) in [6.07, 6.45) is 0. The average Bonchev–Trinajstić information content (AvgIpc) is 3.01. The number of rotatable bonds is 3. The topological polar surface area (TPSA) is 78.6 Å². The zero-order chi connectivity index (χ0) is 16.2. The molecule has 5 nitrogen and oxygen atoms in total. The van der Waals surface area contributed by atoms with Crippen molar-refractivity contribution in [2.45, 2.75) is 22.1 Å². The van der Waals surface area contributed by atoms with Crippen LogP contribution in [0.15, 0.2) is 47.4 Å². The molecule has 7 heteroatoms. The highest BCUT2D eigenvalue weighted by Gasteiger charge is 2.57. The van der Waals surface area contributed by atoms with Gasteiger partial charge in [-0.25, -0.2) is 8.42 Å². The molecule has 2 aliphatic rings. The van der Waals surface area contributed by atoms with Crippen LogP contribution in [-0.4, -0.2) is 26.5 Å². The highest BCUT2D eigenvalue weighted by atomic mass is 35.5. The Morgan fingerprint density at radius 1 is 1.04 bits per heavy atom. The number of halogens is 1. The van der Waals surface area contributed by atoms with E-state index >= 15 is 0 Å². The molecule has 0 amide bonds. The summed E-state index contributed by atoms with van der Waals surface area (Å²) in [6, 6.07) is 11.2. The highest BCUT2D eigenvalue weighted by molar-refractivity contribution is 7.92. The van der Waals surface area contributed by atoms with Crippen LogP contribution in [0.5, 0.6) is 11.5 Å². The van der Waals surface area contributed by atoms with Crippen molar-refractivity contribution in [1.29, 1.82) is 0 Å². The van der Waals surface area contributed by atoms with E-state index in [1.165, 1.54) is 12.1 Å². The van der Waals surface area contributed by atoms with Gasteiger partial charge in [0.2, 0.25) is 6.79 Å². The number of fused-ring (bicyclic) bond motifs is 1. The normalized spacial score (nSPS) is 25.4. The van der Waals surface area contributed by atoms with E-state index in [0.717, 1.165) is 5.56 Å². The van der Waals surface area contributed by atoms with Gasteiger partial charge in [-0.1, -0.05) is 17.7 Å². The Kier molecular flexibility index (Phi) is 3.30. The molecule has 1 fully saturated rings. The molecule has 1 aliphatic carbocycles. The zero-order valence-corrected chi connectivity index (χ0v) is 13.5. The Morgan fingerprint density at radius 3 is 2.48 bits per heavy atom. The first-order valence-electron chi connectivity index (χ1n) is 7.13. The smallest absolute Gasteiger partial charge is 0.231 e. The third-order valence-corrected chi connectivity index (χ3v) is 6.79. The Labute approximate surface area is 138 Å². The summed E-state index contributed by atoms with van der Waals surface area (Å²) < 4.78 is 36.1. The minimum Gasteiger partial charge on any atom is -0.454 e. The maximum atomic E-state index is 12.8. The van der Waals surface area contributed by atoms with Gasteiger partial charge in [0.25, 0.3) is 0 Å². The van der Waals surface area contributed by atoms with E-state index in [-0.39, 0.29) is 17.6 Å². The van der Waals surface area contributed by atoms with Crippen molar-refractivity contribution in [1.82, 2.24) is 0 Å². The molecule has 2 aromatic carbocycles. The molecule has 0 bridgehead atoms. The first-order chi connectivity index (χ1) is 11.0. The molecule has 120 valence electrons. The number of hydrogen-bond acceptors (Lipinski definition) is 5. The summed E-state index contributed by atoms with van der Waals surface area (Å²) in [5.74, 6) is 1.05. The summed E-state index contributed by atoms with van der Waals surface area (Å²) in [5, 5.41) is -0.139. The van der Waals surface area contributed by atoms with E-state index < -0.39 is 21.1 Å². The lowest BCUT2D eigenvalue weighted by molar-refractivity contribution is 0.174. The van der Waals surface area contributed by atoms with Crippen LogP contribution >= 0.6 is 11.6 Å². The van der Waals surface area contributed by atoms with Gasteiger partial charge in [-0.2, -0.15) is 0 Å². The van der Waals surface area contributed by atoms with E-state index in [1.807, 2.05) is 12.1 Å². The Balaban J connectivity index is 1.65. The maximum Gasteiger partial charge on any atom is 0.231 e. The number of sulfone groups is 1. The average molecular weight is 352 g/mol. The zero-order valence-electron chi connectivity index (χ0n) is 12.0. The predicted octanol–water partition coefficient (Wildman–Crippen LogP) is 2.34.